The molecule has 1 aliphatic rings. The molecule has 1 aromatic carbocycles. The molecule has 31 heavy (non-hydrogen) atoms. The summed E-state index contributed by atoms with van der Waals surface area (Å²) in [5.74, 6) is 1.11. The first-order valence-corrected chi connectivity index (χ1v) is 12.1. The van der Waals surface area contributed by atoms with Crippen LogP contribution in [-0.4, -0.2) is 68.5 Å². The van der Waals surface area contributed by atoms with Crippen LogP contribution in [0.5, 0.6) is 11.5 Å². The Morgan fingerprint density at radius 1 is 1.26 bits per heavy atom. The minimum absolute atomic E-state index is 0.0495. The average Bonchev–Trinajstić information content (AvgIpc) is 3.25. The summed E-state index contributed by atoms with van der Waals surface area (Å²) in [4.78, 5) is 15.1. The lowest BCUT2D eigenvalue weighted by atomic mass is 10.1. The number of rotatable bonds is 9. The fraction of sp³-hybridized carbons (Fsp3) is 0.421. The summed E-state index contributed by atoms with van der Waals surface area (Å²) in [6.45, 7) is -1.88. The second kappa shape index (κ2) is 10.3. The number of methoxy groups -OCH3 is 1. The van der Waals surface area contributed by atoms with Gasteiger partial charge in [0.1, 0.15) is 10.6 Å². The zero-order chi connectivity index (χ0) is 22.4. The molecule has 0 atom stereocenters. The number of H-pyrrole nitrogens is 1. The van der Waals surface area contributed by atoms with Crippen LogP contribution < -0.4 is 14.8 Å². The summed E-state index contributed by atoms with van der Waals surface area (Å²) in [5, 5.41) is 2.68. The number of aromatic amines is 1. The number of benzene rings is 1. The molecule has 12 heteroatoms. The Kier molecular flexibility index (Phi) is 7.79. The highest BCUT2D eigenvalue weighted by atomic mass is 32.2. The molecule has 1 amide bonds. The molecule has 1 fully saturated rings. The smallest absolute Gasteiger partial charge is 0.387 e. The number of sulfonamides is 1. The molecule has 2 N–H and O–H groups in total. The molecule has 0 saturated carbocycles. The van der Waals surface area contributed by atoms with E-state index in [0.29, 0.717) is 25.1 Å². The van der Waals surface area contributed by atoms with Gasteiger partial charge in [0.25, 0.3) is 5.91 Å². The molecule has 0 radical (unpaired) electrons. The van der Waals surface area contributed by atoms with Gasteiger partial charge in [-0.25, -0.2) is 8.42 Å². The van der Waals surface area contributed by atoms with Crippen molar-refractivity contribution in [3.63, 3.8) is 0 Å². The van der Waals surface area contributed by atoms with Crippen LogP contribution in [0, 0.1) is 0 Å². The van der Waals surface area contributed by atoms with Crippen molar-refractivity contribution in [3.8, 4) is 11.5 Å². The Bertz CT molecular complexity index is 1010. The fourth-order valence-electron chi connectivity index (χ4n) is 3.07. The SMILES string of the molecule is COc1ccc(CCNC(=O)c2cc(S(=O)(=O)N3CCSCC3)c[nH]2)cc1OC(F)F. The molecule has 170 valence electrons. The topological polar surface area (TPSA) is 101 Å². The summed E-state index contributed by atoms with van der Waals surface area (Å²) >= 11 is 1.70. The van der Waals surface area contributed by atoms with Crippen molar-refractivity contribution >= 4 is 27.7 Å². The van der Waals surface area contributed by atoms with E-state index in [2.05, 4.69) is 15.0 Å². The molecule has 1 saturated heterocycles. The predicted octanol–water partition coefficient (Wildman–Crippen LogP) is 2.33. The first-order valence-electron chi connectivity index (χ1n) is 9.47. The van der Waals surface area contributed by atoms with E-state index in [0.717, 1.165) is 11.5 Å². The van der Waals surface area contributed by atoms with Crippen molar-refractivity contribution in [1.82, 2.24) is 14.6 Å². The van der Waals surface area contributed by atoms with E-state index in [1.54, 1.807) is 17.8 Å². The highest BCUT2D eigenvalue weighted by molar-refractivity contribution is 7.99. The number of amides is 1. The number of ether oxygens (including phenoxy) is 2. The molecule has 0 spiro atoms. The average molecular weight is 476 g/mol. The molecule has 8 nitrogen and oxygen atoms in total. The molecule has 2 aromatic rings. The van der Waals surface area contributed by atoms with Gasteiger partial charge in [0.2, 0.25) is 10.0 Å². The van der Waals surface area contributed by atoms with Crippen LogP contribution in [0.15, 0.2) is 35.4 Å². The number of carbonyl (C=O) groups excluding carboxylic acids is 1. The van der Waals surface area contributed by atoms with Gasteiger partial charge in [0, 0.05) is 37.3 Å². The number of aromatic nitrogens is 1. The number of nitrogens with one attached hydrogen (secondary N) is 2. The van der Waals surface area contributed by atoms with Crippen molar-refractivity contribution in [3.05, 3.63) is 41.7 Å². The van der Waals surface area contributed by atoms with E-state index in [-0.39, 0.29) is 28.6 Å². The summed E-state index contributed by atoms with van der Waals surface area (Å²) in [6, 6.07) is 5.93. The summed E-state index contributed by atoms with van der Waals surface area (Å²) < 4.78 is 61.3. The van der Waals surface area contributed by atoms with Gasteiger partial charge >= 0.3 is 6.61 Å². The molecule has 1 aromatic heterocycles. The maximum atomic E-state index is 12.7. The van der Waals surface area contributed by atoms with Gasteiger partial charge in [-0.2, -0.15) is 24.8 Å². The molecule has 0 aliphatic carbocycles. The second-order valence-corrected chi connectivity index (χ2v) is 9.80. The third-order valence-corrected chi connectivity index (χ3v) is 7.47. The van der Waals surface area contributed by atoms with Crippen LogP contribution in [0.4, 0.5) is 8.78 Å². The summed E-state index contributed by atoms with van der Waals surface area (Å²) in [5.41, 5.74) is 0.788. The highest BCUT2D eigenvalue weighted by Gasteiger charge is 2.27. The van der Waals surface area contributed by atoms with Crippen LogP contribution >= 0.6 is 11.8 Å². The predicted molar refractivity (Wildman–Crippen MR) is 113 cm³/mol. The van der Waals surface area contributed by atoms with Gasteiger partial charge in [0.05, 0.1) is 7.11 Å². The lowest BCUT2D eigenvalue weighted by Crippen LogP contribution is -2.37. The second-order valence-electron chi connectivity index (χ2n) is 6.64. The number of nitrogens with zero attached hydrogens (tertiary/aromatic N) is 1. The zero-order valence-corrected chi connectivity index (χ0v) is 18.4. The van der Waals surface area contributed by atoms with Crippen LogP contribution in [-0.2, 0) is 16.4 Å². The van der Waals surface area contributed by atoms with E-state index >= 15 is 0 Å². The van der Waals surface area contributed by atoms with Gasteiger partial charge in [-0.1, -0.05) is 6.07 Å². The van der Waals surface area contributed by atoms with E-state index in [1.807, 2.05) is 0 Å². The Morgan fingerprint density at radius 3 is 2.68 bits per heavy atom. The number of carbonyl (C=O) groups is 1. The molecule has 2 heterocycles. The van der Waals surface area contributed by atoms with Crippen LogP contribution in [0.1, 0.15) is 16.1 Å². The lowest BCUT2D eigenvalue weighted by molar-refractivity contribution is -0.0512. The normalized spacial score (nSPS) is 15.1. The largest absolute Gasteiger partial charge is 0.493 e. The lowest BCUT2D eigenvalue weighted by Gasteiger charge is -2.24. The Morgan fingerprint density at radius 2 is 2.00 bits per heavy atom. The third-order valence-electron chi connectivity index (χ3n) is 4.65. The molecule has 3 rings (SSSR count). The first kappa shape index (κ1) is 23.4. The third kappa shape index (κ3) is 5.89. The van der Waals surface area contributed by atoms with E-state index < -0.39 is 22.5 Å². The quantitative estimate of drug-likeness (QED) is 0.578. The Hall–Kier alpha value is -2.31. The standard InChI is InChI=1S/C19H23F2N3O5S2/c1-28-16-3-2-13(10-17(16)29-19(20)21)4-5-22-18(25)15-11-14(12-23-15)31(26,27)24-6-8-30-9-7-24/h2-3,10-12,19,23H,4-9H2,1H3,(H,22,25). The van der Waals surface area contributed by atoms with Gasteiger partial charge in [-0.05, 0) is 30.2 Å². The van der Waals surface area contributed by atoms with Crippen molar-refractivity contribution in [2.24, 2.45) is 0 Å². The summed E-state index contributed by atoms with van der Waals surface area (Å²) in [7, 11) is -2.29. The fourth-order valence-corrected chi connectivity index (χ4v) is 5.64. The van der Waals surface area contributed by atoms with Crippen molar-refractivity contribution in [2.75, 3.05) is 38.2 Å². The number of hydrogen-bond acceptors (Lipinski definition) is 6. The first-order chi connectivity index (χ1) is 14.8. The maximum absolute atomic E-state index is 12.7. The monoisotopic (exact) mass is 475 g/mol. The molecular weight excluding hydrogens is 452 g/mol. The molecular formula is C19H23F2N3O5S2. The van der Waals surface area contributed by atoms with Gasteiger partial charge in [-0.15, -0.1) is 0 Å². The number of hydrogen-bond donors (Lipinski definition) is 2. The van der Waals surface area contributed by atoms with E-state index in [4.69, 9.17) is 4.74 Å². The molecule has 1 aliphatic heterocycles. The minimum atomic E-state index is -3.64. The van der Waals surface area contributed by atoms with E-state index in [9.17, 15) is 22.0 Å². The van der Waals surface area contributed by atoms with Crippen molar-refractivity contribution < 1.29 is 31.5 Å². The van der Waals surface area contributed by atoms with Crippen LogP contribution in [0.3, 0.4) is 0 Å². The Balaban J connectivity index is 1.58. The number of thioether (sulfide) groups is 1. The zero-order valence-electron chi connectivity index (χ0n) is 16.8. The number of alkyl halides is 2. The molecule has 0 unspecified atom stereocenters. The van der Waals surface area contributed by atoms with Gasteiger partial charge in [0.15, 0.2) is 11.5 Å². The minimum Gasteiger partial charge on any atom is -0.493 e. The highest BCUT2D eigenvalue weighted by Crippen LogP contribution is 2.29. The van der Waals surface area contributed by atoms with Gasteiger partial charge in [-0.3, -0.25) is 4.79 Å². The summed E-state index contributed by atoms with van der Waals surface area (Å²) in [6.07, 6.45) is 1.66. The maximum Gasteiger partial charge on any atom is 0.387 e. The van der Waals surface area contributed by atoms with Gasteiger partial charge < -0.3 is 19.8 Å². The number of halogens is 2. The van der Waals surface area contributed by atoms with Crippen molar-refractivity contribution in [1.29, 1.82) is 0 Å². The van der Waals surface area contributed by atoms with Crippen LogP contribution in [0.25, 0.3) is 0 Å². The Labute approximate surface area is 183 Å². The van der Waals surface area contributed by atoms with E-state index in [1.165, 1.54) is 35.8 Å². The van der Waals surface area contributed by atoms with Crippen LogP contribution in [0.2, 0.25) is 0 Å². The van der Waals surface area contributed by atoms with Crippen molar-refractivity contribution in [2.45, 2.75) is 17.9 Å². The molecule has 0 bridgehead atoms.